The minimum Gasteiger partial charge on any atom is -0.343 e. The quantitative estimate of drug-likeness (QED) is 0.102. The van der Waals surface area contributed by atoms with Gasteiger partial charge in [-0.15, -0.1) is 11.6 Å². The monoisotopic (exact) mass is 1590 g/mol. The van der Waals surface area contributed by atoms with Gasteiger partial charge in [0.2, 0.25) is 70.9 Å². The molecule has 0 bridgehead atoms. The third-order valence-electron chi connectivity index (χ3n) is 25.2. The number of piperidine rings is 2. The van der Waals surface area contributed by atoms with Crippen LogP contribution in [-0.2, 0) is 57.5 Å². The number of rotatable bonds is 13. The predicted octanol–water partition coefficient (Wildman–Crippen LogP) is 7.64. The Morgan fingerprint density at radius 2 is 1.11 bits per heavy atom. The van der Waals surface area contributed by atoms with E-state index in [0.717, 1.165) is 64.5 Å². The average Bonchev–Trinajstić information content (AvgIpc) is 1.04. The molecule has 3 aliphatic heterocycles. The van der Waals surface area contributed by atoms with E-state index in [1.54, 1.807) is 11.8 Å². The molecule has 1 spiro atoms. The van der Waals surface area contributed by atoms with Crippen molar-refractivity contribution < 1.29 is 83.9 Å². The van der Waals surface area contributed by atoms with Crippen LogP contribution in [0.1, 0.15) is 214 Å². The lowest BCUT2D eigenvalue weighted by Crippen LogP contribution is -2.66. The molecule has 0 aromatic rings. The largest absolute Gasteiger partial charge is 0.403 e. The molecule has 7 fully saturated rings. The standard InChI is InChI=1S/C78H126ClF6N13O12/c1-13-49(4)66-73(108)92(7)46-64(101)90(5)47-65(102)94(9)59(41-50-25-17-14-18-26-50)71(106)91(6)45-62(99)87-56(33-30-51-29-32-54(55(79)40-51)77(80,81)82)70(105)95(10)58(42-52-31-34-61(86-44-52)78(83,84)85)69(104)89-76(35-21-22-36-76)75(110)97(12)67(53-27-19-15-20-28-53)74(109)96(11)60(72(107)98-37-23-16-24-38-98)43-63(100)93(8)57(39-48(2)3)68(103)88-66/h48-61,66-67,86H,13-47H2,1-12H3,(H,87,99)(H,88,103)(H,89,104)/t49-,51?,52?,54?,55?,56-,57-,58-,59-,60-,61?,66-,67-/m0/s1. The minimum absolute atomic E-state index is 0.0305. The molecule has 12 amide bonds. The summed E-state index contributed by atoms with van der Waals surface area (Å²) in [6.45, 7) is 5.87. The zero-order chi connectivity index (χ0) is 81.4. The van der Waals surface area contributed by atoms with E-state index in [-0.39, 0.29) is 95.4 Å². The normalized spacial score (nSPS) is 30.3. The summed E-state index contributed by atoms with van der Waals surface area (Å²) in [5, 5.41) is 9.95. The fraction of sp³-hybridized carbons (Fsp3) is 0.846. The highest BCUT2D eigenvalue weighted by Gasteiger charge is 2.53. The Balaban J connectivity index is 1.33. The number of nitrogens with one attached hydrogen (secondary N) is 4. The molecule has 4 saturated carbocycles. The fourth-order valence-corrected chi connectivity index (χ4v) is 18.4. The van der Waals surface area contributed by atoms with Crippen molar-refractivity contribution in [3.05, 3.63) is 0 Å². The molecule has 7 rings (SSSR count). The van der Waals surface area contributed by atoms with E-state index in [0.29, 0.717) is 70.9 Å². The molecule has 0 aromatic heterocycles. The first-order valence-corrected chi connectivity index (χ1v) is 40.9. The van der Waals surface area contributed by atoms with Crippen LogP contribution in [0.5, 0.6) is 0 Å². The van der Waals surface area contributed by atoms with Crippen molar-refractivity contribution in [3.63, 3.8) is 0 Å². The van der Waals surface area contributed by atoms with Gasteiger partial charge in [-0.3, -0.25) is 57.5 Å². The third kappa shape index (κ3) is 23.8. The second-order valence-electron chi connectivity index (χ2n) is 33.7. The average molecular weight is 1590 g/mol. The van der Waals surface area contributed by atoms with Gasteiger partial charge < -0.3 is 65.4 Å². The van der Waals surface area contributed by atoms with Crippen LogP contribution in [0.25, 0.3) is 0 Å². The Morgan fingerprint density at radius 1 is 0.536 bits per heavy atom. The summed E-state index contributed by atoms with van der Waals surface area (Å²) in [4.78, 5) is 193. The van der Waals surface area contributed by atoms with Gasteiger partial charge in [-0.25, -0.2) is 0 Å². The van der Waals surface area contributed by atoms with E-state index in [1.165, 1.54) is 76.0 Å². The van der Waals surface area contributed by atoms with Gasteiger partial charge in [0.05, 0.1) is 32.0 Å². The van der Waals surface area contributed by atoms with Gasteiger partial charge in [0.25, 0.3) is 0 Å². The Kier molecular flexibility index (Phi) is 33.4. The first-order valence-electron chi connectivity index (χ1n) is 40.5. The summed E-state index contributed by atoms with van der Waals surface area (Å²) < 4.78 is 85.2. The molecule has 5 unspecified atom stereocenters. The maximum absolute atomic E-state index is 16.1. The SMILES string of the molecule is CC[C@H](C)[C@@H]1NC(=O)[C@H](CC(C)C)N(C)C(=O)C[C@@H](C(=O)N2CCCCC2)N(C)C(=O)[C@H](C2CCCCC2)N(C)C(=O)C2(CCCC2)NC(=O)[C@H](CC2CCC(C(F)(F)F)NC2)N(C)C(=O)[C@H](CCC2CCC(C(F)(F)F)C(Cl)C2)NC(=O)CN(C)C(=O)[C@H](CC2CCCCC2)N(C)C(=O)CN(C)C(=O)CN(C)C1=O. The second-order valence-corrected chi connectivity index (χ2v) is 34.3. The number of carbonyl (C=O) groups excluding carboxylic acids is 12. The summed E-state index contributed by atoms with van der Waals surface area (Å²) in [7, 11) is 11.1. The molecule has 110 heavy (non-hydrogen) atoms. The molecule has 3 heterocycles. The van der Waals surface area contributed by atoms with E-state index in [1.807, 2.05) is 20.8 Å². The van der Waals surface area contributed by atoms with Gasteiger partial charge >= 0.3 is 12.4 Å². The second kappa shape index (κ2) is 40.5. The van der Waals surface area contributed by atoms with E-state index in [9.17, 15) is 50.3 Å². The third-order valence-corrected chi connectivity index (χ3v) is 25.7. The topological polar surface area (TPSA) is 282 Å². The lowest BCUT2D eigenvalue weighted by Gasteiger charge is -2.44. The molecule has 7 aliphatic rings. The number of likely N-dealkylation sites (tertiary alicyclic amines) is 1. The summed E-state index contributed by atoms with van der Waals surface area (Å²) in [6.07, 6.45) is -0.0289. The Morgan fingerprint density at radius 3 is 1.68 bits per heavy atom. The van der Waals surface area contributed by atoms with E-state index < -0.39 is 198 Å². The zero-order valence-electron chi connectivity index (χ0n) is 67.1. The van der Waals surface area contributed by atoms with Crippen molar-refractivity contribution in [1.29, 1.82) is 0 Å². The number of hydrogen-bond acceptors (Lipinski definition) is 13. The molecule has 4 N–H and O–H groups in total. The van der Waals surface area contributed by atoms with E-state index in [4.69, 9.17) is 11.6 Å². The first kappa shape index (κ1) is 90.7. The van der Waals surface area contributed by atoms with Crippen LogP contribution in [0.2, 0.25) is 0 Å². The van der Waals surface area contributed by atoms with Gasteiger partial charge in [0, 0.05) is 74.8 Å². The Bertz CT molecular complexity index is 3180. The summed E-state index contributed by atoms with van der Waals surface area (Å²) in [6, 6.07) is -11.4. The number of likely N-dealkylation sites (N-methyl/N-ethyl adjacent to an activating group) is 8. The van der Waals surface area contributed by atoms with E-state index >= 15 is 33.6 Å². The van der Waals surface area contributed by atoms with Crippen molar-refractivity contribution in [3.8, 4) is 0 Å². The van der Waals surface area contributed by atoms with Gasteiger partial charge in [0.1, 0.15) is 53.9 Å². The summed E-state index contributed by atoms with van der Waals surface area (Å²) in [5.74, 6) is -12.8. The van der Waals surface area contributed by atoms with Crippen LogP contribution in [0.3, 0.4) is 0 Å². The number of hydrogen-bond donors (Lipinski definition) is 4. The number of amides is 12. The molecule has 0 radical (unpaired) electrons. The maximum atomic E-state index is 16.1. The molecule has 25 nitrogen and oxygen atoms in total. The number of nitrogens with zero attached hydrogens (tertiary/aromatic N) is 9. The summed E-state index contributed by atoms with van der Waals surface area (Å²) in [5.41, 5.74) is -1.76. The van der Waals surface area contributed by atoms with E-state index in [2.05, 4.69) is 21.3 Å². The zero-order valence-corrected chi connectivity index (χ0v) is 67.8. The number of halogens is 7. The molecule has 13 atom stereocenters. The van der Waals surface area contributed by atoms with Crippen molar-refractivity contribution >= 4 is 82.5 Å². The van der Waals surface area contributed by atoms with Crippen molar-refractivity contribution in [2.24, 2.45) is 41.4 Å². The number of carbonyl (C=O) groups is 12. The summed E-state index contributed by atoms with van der Waals surface area (Å²) >= 11 is 6.44. The molecule has 0 aromatic carbocycles. The molecule has 624 valence electrons. The molecule has 3 saturated heterocycles. The minimum atomic E-state index is -4.61. The highest BCUT2D eigenvalue weighted by Crippen LogP contribution is 2.44. The highest BCUT2D eigenvalue weighted by molar-refractivity contribution is 6.21. The molecular formula is C78H126ClF6N13O12. The Labute approximate surface area is 651 Å². The van der Waals surface area contributed by atoms with Crippen molar-refractivity contribution in [2.75, 3.05) is 95.6 Å². The van der Waals surface area contributed by atoms with Crippen LogP contribution >= 0.6 is 11.6 Å². The molecule has 32 heteroatoms. The van der Waals surface area contributed by atoms with Crippen molar-refractivity contribution in [1.82, 2.24) is 65.4 Å². The first-order chi connectivity index (χ1) is 51.7. The van der Waals surface area contributed by atoms with Gasteiger partial charge in [-0.2, -0.15) is 26.3 Å². The van der Waals surface area contributed by atoms with Crippen LogP contribution in [0.4, 0.5) is 26.3 Å². The van der Waals surface area contributed by atoms with Crippen LogP contribution in [-0.4, -0.2) is 282 Å². The van der Waals surface area contributed by atoms with Crippen molar-refractivity contribution in [2.45, 2.75) is 286 Å². The maximum Gasteiger partial charge on any atom is 0.403 e. The molecule has 4 aliphatic carbocycles. The smallest absolute Gasteiger partial charge is 0.343 e. The lowest BCUT2D eigenvalue weighted by atomic mass is 9.78. The van der Waals surface area contributed by atoms with Crippen LogP contribution in [0.15, 0.2) is 0 Å². The van der Waals surface area contributed by atoms with Gasteiger partial charge in [0.15, 0.2) is 0 Å². The van der Waals surface area contributed by atoms with Gasteiger partial charge in [-0.1, -0.05) is 98.3 Å². The number of alkyl halides is 7. The lowest BCUT2D eigenvalue weighted by molar-refractivity contribution is -0.182. The molecular weight excluding hydrogens is 1460 g/mol. The van der Waals surface area contributed by atoms with Crippen LogP contribution in [0, 0.1) is 41.4 Å². The predicted molar refractivity (Wildman–Crippen MR) is 402 cm³/mol. The van der Waals surface area contributed by atoms with Crippen LogP contribution < -0.4 is 21.3 Å². The fourth-order valence-electron chi connectivity index (χ4n) is 17.9. The van der Waals surface area contributed by atoms with Gasteiger partial charge in [-0.05, 0) is 151 Å². The Hall–Kier alpha value is -6.53. The highest BCUT2D eigenvalue weighted by atomic mass is 35.5.